The third-order valence-electron chi connectivity index (χ3n) is 8.05. The standard InChI is InChI=1S/2C10H14N2OS.C9H12N2OS.C6H6OS/c2*1-11-4-6-12(7-5-11)10(13)9-3-2-8-14-9;12-9(8-2-1-7-13-8)11-5-3-10-4-6-11;1-5(7)6-3-2-4-8-6/h2*2-3,8H,4-7H2,1H3;1-2,7,10H,3-6H2;2-4H,1H3. The largest absolute Gasteiger partial charge is 0.335 e. The van der Waals surface area contributed by atoms with Crippen LogP contribution in [0.1, 0.15) is 45.6 Å². The molecule has 0 aliphatic carbocycles. The van der Waals surface area contributed by atoms with E-state index < -0.39 is 0 Å². The van der Waals surface area contributed by atoms with Gasteiger partial charge in [0.15, 0.2) is 5.78 Å². The third kappa shape index (κ3) is 12.5. The van der Waals surface area contributed by atoms with E-state index in [0.717, 1.165) is 98.0 Å². The smallest absolute Gasteiger partial charge is 0.264 e. The molecule has 3 aliphatic rings. The van der Waals surface area contributed by atoms with Gasteiger partial charge in [0, 0.05) is 78.5 Å². The van der Waals surface area contributed by atoms with Crippen molar-refractivity contribution in [1.29, 1.82) is 0 Å². The van der Waals surface area contributed by atoms with Gasteiger partial charge in [0.1, 0.15) is 0 Å². The molecule has 7 rings (SSSR count). The van der Waals surface area contributed by atoms with Crippen LogP contribution in [0.2, 0.25) is 0 Å². The quantitative estimate of drug-likeness (QED) is 0.294. The predicted octanol–water partition coefficient (Wildman–Crippen LogP) is 5.02. The van der Waals surface area contributed by atoms with Crippen molar-refractivity contribution in [1.82, 2.24) is 29.8 Å². The van der Waals surface area contributed by atoms with E-state index in [9.17, 15) is 19.2 Å². The van der Waals surface area contributed by atoms with Crippen LogP contribution < -0.4 is 5.32 Å². The Morgan fingerprint density at radius 3 is 1.06 bits per heavy atom. The van der Waals surface area contributed by atoms with E-state index in [0.29, 0.717) is 0 Å². The van der Waals surface area contributed by atoms with E-state index in [1.54, 1.807) is 6.92 Å². The lowest BCUT2D eigenvalue weighted by Gasteiger charge is -2.32. The molecule has 0 unspecified atom stereocenters. The second-order valence-corrected chi connectivity index (χ2v) is 15.5. The molecule has 10 nitrogen and oxygen atoms in total. The lowest BCUT2D eigenvalue weighted by molar-refractivity contribution is 0.0662. The summed E-state index contributed by atoms with van der Waals surface area (Å²) in [6, 6.07) is 15.1. The number of carbonyl (C=O) groups is 4. The van der Waals surface area contributed by atoms with E-state index in [1.165, 1.54) is 45.3 Å². The number of carbonyl (C=O) groups excluding carboxylic acids is 4. The summed E-state index contributed by atoms with van der Waals surface area (Å²) in [6.45, 7) is 12.4. The highest BCUT2D eigenvalue weighted by Gasteiger charge is 2.22. The minimum Gasteiger partial charge on any atom is -0.335 e. The highest BCUT2D eigenvalue weighted by atomic mass is 32.1. The molecule has 0 radical (unpaired) electrons. The second kappa shape index (κ2) is 20.4. The van der Waals surface area contributed by atoms with Crippen molar-refractivity contribution in [2.24, 2.45) is 0 Å². The van der Waals surface area contributed by atoms with Gasteiger partial charge in [0.2, 0.25) is 0 Å². The van der Waals surface area contributed by atoms with Crippen LogP contribution in [0.4, 0.5) is 0 Å². The molecule has 3 saturated heterocycles. The fourth-order valence-corrected chi connectivity index (χ4v) is 7.73. The fourth-order valence-electron chi connectivity index (χ4n) is 5.03. The minimum atomic E-state index is 0.153. The Morgan fingerprint density at radius 1 is 0.490 bits per heavy atom. The molecule has 0 atom stereocenters. The third-order valence-corrected chi connectivity index (χ3v) is 11.6. The number of piperazine rings is 3. The molecular weight excluding hydrogens is 697 g/mol. The summed E-state index contributed by atoms with van der Waals surface area (Å²) in [6.07, 6.45) is 0. The van der Waals surface area contributed by atoms with Gasteiger partial charge in [0.25, 0.3) is 17.7 Å². The van der Waals surface area contributed by atoms with Crippen molar-refractivity contribution in [3.63, 3.8) is 0 Å². The van der Waals surface area contributed by atoms with E-state index in [4.69, 9.17) is 0 Å². The number of hydrogen-bond donors (Lipinski definition) is 1. The first kappa shape index (κ1) is 38.6. The molecule has 14 heteroatoms. The molecule has 0 aromatic carbocycles. The van der Waals surface area contributed by atoms with Crippen molar-refractivity contribution >= 4 is 68.9 Å². The number of nitrogens with one attached hydrogen (secondary N) is 1. The van der Waals surface area contributed by atoms with Crippen molar-refractivity contribution < 1.29 is 19.2 Å². The van der Waals surface area contributed by atoms with Gasteiger partial charge < -0.3 is 29.8 Å². The van der Waals surface area contributed by atoms with Crippen LogP contribution in [-0.4, -0.2) is 141 Å². The zero-order chi connectivity index (χ0) is 35.0. The lowest BCUT2D eigenvalue weighted by atomic mass is 10.3. The molecule has 1 N–H and O–H groups in total. The maximum absolute atomic E-state index is 11.9. The summed E-state index contributed by atoms with van der Waals surface area (Å²) >= 11 is 6.04. The summed E-state index contributed by atoms with van der Waals surface area (Å²) in [7, 11) is 4.18. The van der Waals surface area contributed by atoms with Crippen LogP contribution >= 0.6 is 45.3 Å². The summed E-state index contributed by atoms with van der Waals surface area (Å²) in [5, 5.41) is 11.0. The van der Waals surface area contributed by atoms with Crippen LogP contribution in [0.15, 0.2) is 70.1 Å². The topological polar surface area (TPSA) is 96.5 Å². The zero-order valence-corrected chi connectivity index (χ0v) is 31.7. The van der Waals surface area contributed by atoms with Gasteiger partial charge in [-0.2, -0.15) is 0 Å². The van der Waals surface area contributed by atoms with Crippen LogP contribution in [-0.2, 0) is 0 Å². The summed E-state index contributed by atoms with van der Waals surface area (Å²) < 4.78 is 0. The molecule has 0 bridgehead atoms. The molecule has 49 heavy (non-hydrogen) atoms. The minimum absolute atomic E-state index is 0.153. The number of nitrogens with zero attached hydrogens (tertiary/aromatic N) is 5. The SMILES string of the molecule is CC(=O)c1cccs1.CN1CCN(C(=O)c2cccs2)CC1.CN1CCN(C(=O)c2cccs2)CC1.O=C(c1cccs1)N1CCNCC1. The van der Waals surface area contributed by atoms with Crippen molar-refractivity contribution in [3.05, 3.63) is 89.6 Å². The van der Waals surface area contributed by atoms with Crippen LogP contribution in [0.5, 0.6) is 0 Å². The van der Waals surface area contributed by atoms with Gasteiger partial charge in [-0.15, -0.1) is 45.3 Å². The summed E-state index contributed by atoms with van der Waals surface area (Å²) in [5.41, 5.74) is 0. The Balaban J connectivity index is 0.000000150. The highest BCUT2D eigenvalue weighted by Crippen LogP contribution is 2.15. The normalized spacial score (nSPS) is 16.7. The van der Waals surface area contributed by atoms with Gasteiger partial charge in [-0.1, -0.05) is 24.3 Å². The number of ketones is 1. The summed E-state index contributed by atoms with van der Waals surface area (Å²) in [5.74, 6) is 0.706. The number of hydrogen-bond acceptors (Lipinski definition) is 11. The van der Waals surface area contributed by atoms with E-state index >= 15 is 0 Å². The van der Waals surface area contributed by atoms with Gasteiger partial charge in [0.05, 0.1) is 19.5 Å². The number of likely N-dealkylation sites (N-methyl/N-ethyl adjacent to an activating group) is 2. The molecule has 3 aliphatic heterocycles. The number of amides is 3. The molecule has 4 aromatic heterocycles. The molecule has 4 aromatic rings. The van der Waals surface area contributed by atoms with Crippen molar-refractivity contribution in [3.8, 4) is 0 Å². The van der Waals surface area contributed by atoms with Crippen LogP contribution in [0, 0.1) is 0 Å². The molecule has 0 saturated carbocycles. The van der Waals surface area contributed by atoms with Crippen LogP contribution in [0.3, 0.4) is 0 Å². The maximum Gasteiger partial charge on any atom is 0.264 e. The zero-order valence-electron chi connectivity index (χ0n) is 28.4. The van der Waals surface area contributed by atoms with E-state index in [-0.39, 0.29) is 23.5 Å². The number of thiophene rings is 4. The van der Waals surface area contributed by atoms with E-state index in [2.05, 4.69) is 29.2 Å². The van der Waals surface area contributed by atoms with Gasteiger partial charge in [-0.05, 0) is 66.8 Å². The Kier molecular flexibility index (Phi) is 16.1. The van der Waals surface area contributed by atoms with Crippen molar-refractivity contribution in [2.45, 2.75) is 6.92 Å². The van der Waals surface area contributed by atoms with Gasteiger partial charge in [-0.3, -0.25) is 19.2 Å². The van der Waals surface area contributed by atoms with E-state index in [1.807, 2.05) is 84.8 Å². The fraction of sp³-hybridized carbons (Fsp3) is 0.429. The second-order valence-electron chi connectivity index (χ2n) is 11.7. The monoisotopic (exact) mass is 742 g/mol. The average molecular weight is 743 g/mol. The summed E-state index contributed by atoms with van der Waals surface area (Å²) in [4.78, 5) is 59.7. The van der Waals surface area contributed by atoms with Crippen molar-refractivity contribution in [2.75, 3.05) is 92.6 Å². The highest BCUT2D eigenvalue weighted by molar-refractivity contribution is 7.12. The molecular formula is C35H46N6O4S4. The lowest BCUT2D eigenvalue weighted by Crippen LogP contribution is -2.46. The molecule has 3 fully saturated rings. The predicted molar refractivity (Wildman–Crippen MR) is 203 cm³/mol. The Bertz CT molecular complexity index is 1460. The van der Waals surface area contributed by atoms with Crippen LogP contribution in [0.25, 0.3) is 0 Å². The first-order valence-corrected chi connectivity index (χ1v) is 19.9. The van der Waals surface area contributed by atoms with Gasteiger partial charge >= 0.3 is 0 Å². The molecule has 3 amide bonds. The number of Topliss-reactive ketones (excluding diaryl/α,β-unsaturated/α-hetero) is 1. The molecule has 264 valence electrons. The first-order valence-electron chi connectivity index (χ1n) is 16.3. The Hall–Kier alpha value is -3.24. The maximum atomic E-state index is 11.9. The first-order chi connectivity index (χ1) is 23.7. The molecule has 7 heterocycles. The average Bonchev–Trinajstić information content (AvgIpc) is 3.97. The van der Waals surface area contributed by atoms with Gasteiger partial charge in [-0.25, -0.2) is 0 Å². The Morgan fingerprint density at radius 2 is 0.796 bits per heavy atom. The Labute approximate surface area is 305 Å². The molecule has 0 spiro atoms. The number of rotatable bonds is 4.